The van der Waals surface area contributed by atoms with Crippen molar-refractivity contribution in [2.45, 2.75) is 0 Å². The smallest absolute Gasteiger partial charge is 0.255 e. The van der Waals surface area contributed by atoms with Gasteiger partial charge in [0, 0.05) is 38.1 Å². The van der Waals surface area contributed by atoms with Gasteiger partial charge in [0.25, 0.3) is 5.91 Å². The minimum absolute atomic E-state index is 0.0284. The second-order valence-electron chi connectivity index (χ2n) is 5.73. The summed E-state index contributed by atoms with van der Waals surface area (Å²) in [6.07, 6.45) is 6.92. The Bertz CT molecular complexity index is 1050. The van der Waals surface area contributed by atoms with Crippen molar-refractivity contribution in [3.05, 3.63) is 60.0 Å². The number of aromatic nitrogens is 4. The fourth-order valence-corrected chi connectivity index (χ4v) is 3.45. The fourth-order valence-electron chi connectivity index (χ4n) is 2.68. The number of hydrogen-bond donors (Lipinski definition) is 0. The van der Waals surface area contributed by atoms with Gasteiger partial charge in [0.05, 0.1) is 28.7 Å². The zero-order valence-electron chi connectivity index (χ0n) is 13.7. The summed E-state index contributed by atoms with van der Waals surface area (Å²) in [5, 5.41) is 2.78. The molecule has 0 aliphatic rings. The summed E-state index contributed by atoms with van der Waals surface area (Å²) in [7, 11) is 3.51. The summed E-state index contributed by atoms with van der Waals surface area (Å²) in [6.45, 7) is 0. The summed E-state index contributed by atoms with van der Waals surface area (Å²) in [4.78, 5) is 27.2. The van der Waals surface area contributed by atoms with Gasteiger partial charge in [0.1, 0.15) is 10.7 Å². The van der Waals surface area contributed by atoms with Crippen molar-refractivity contribution in [3.63, 3.8) is 0 Å². The number of fused-ring (bicyclic) bond motifs is 1. The second-order valence-corrected chi connectivity index (χ2v) is 6.59. The molecule has 0 spiro atoms. The number of pyridine rings is 1. The number of nitrogens with zero attached hydrogens (tertiary/aromatic N) is 5. The molecule has 4 heterocycles. The van der Waals surface area contributed by atoms with E-state index in [4.69, 9.17) is 0 Å². The third kappa shape index (κ3) is 2.68. The summed E-state index contributed by atoms with van der Waals surface area (Å²) < 4.78 is 1.99. The molecule has 0 aliphatic carbocycles. The molecule has 0 saturated carbocycles. The van der Waals surface area contributed by atoms with E-state index >= 15 is 0 Å². The molecule has 0 radical (unpaired) electrons. The molecular weight excluding hydrogens is 334 g/mol. The number of thiazole rings is 1. The SMILES string of the molecule is CN(C)C(=O)c1cc(-c2csc(-c3cnccn3)n2)n2ccccc12. The van der Waals surface area contributed by atoms with Crippen molar-refractivity contribution in [2.75, 3.05) is 14.1 Å². The van der Waals surface area contributed by atoms with Gasteiger partial charge in [-0.2, -0.15) is 0 Å². The van der Waals surface area contributed by atoms with Crippen LogP contribution in [0.15, 0.2) is 54.4 Å². The topological polar surface area (TPSA) is 63.4 Å². The summed E-state index contributed by atoms with van der Waals surface area (Å²) in [5.41, 5.74) is 3.96. The van der Waals surface area contributed by atoms with E-state index in [1.807, 2.05) is 40.2 Å². The predicted octanol–water partition coefficient (Wildman–Crippen LogP) is 3.22. The highest BCUT2D eigenvalue weighted by Crippen LogP contribution is 2.30. The van der Waals surface area contributed by atoms with Crippen LogP contribution in [0.2, 0.25) is 0 Å². The lowest BCUT2D eigenvalue weighted by molar-refractivity contribution is 0.0829. The van der Waals surface area contributed by atoms with Crippen LogP contribution in [0.1, 0.15) is 10.4 Å². The molecule has 6 nitrogen and oxygen atoms in total. The van der Waals surface area contributed by atoms with Crippen molar-refractivity contribution in [1.82, 2.24) is 24.3 Å². The van der Waals surface area contributed by atoms with E-state index in [9.17, 15) is 4.79 Å². The average molecular weight is 349 g/mol. The Morgan fingerprint density at radius 3 is 2.84 bits per heavy atom. The number of carbonyl (C=O) groups is 1. The molecule has 25 heavy (non-hydrogen) atoms. The molecule has 0 saturated heterocycles. The zero-order chi connectivity index (χ0) is 17.4. The van der Waals surface area contributed by atoms with E-state index in [0.717, 1.165) is 27.6 Å². The van der Waals surface area contributed by atoms with Crippen LogP contribution in [0.5, 0.6) is 0 Å². The molecule has 0 aromatic carbocycles. The molecular formula is C18H15N5OS. The quantitative estimate of drug-likeness (QED) is 0.570. The molecule has 0 N–H and O–H groups in total. The minimum atomic E-state index is -0.0284. The molecule has 124 valence electrons. The van der Waals surface area contributed by atoms with Crippen molar-refractivity contribution in [1.29, 1.82) is 0 Å². The molecule has 1 amide bonds. The zero-order valence-corrected chi connectivity index (χ0v) is 14.6. The standard InChI is InChI=1S/C18H15N5OS/c1-22(2)18(24)12-9-16(23-8-4-3-5-15(12)23)14-11-25-17(21-14)13-10-19-6-7-20-13/h3-11H,1-2H3. The number of amides is 1. The normalized spacial score (nSPS) is 11.0. The monoisotopic (exact) mass is 349 g/mol. The molecule has 4 aromatic rings. The average Bonchev–Trinajstić information content (AvgIpc) is 3.26. The molecule has 0 aliphatic heterocycles. The first kappa shape index (κ1) is 15.5. The van der Waals surface area contributed by atoms with Crippen LogP contribution >= 0.6 is 11.3 Å². The maximum atomic E-state index is 12.5. The molecule has 4 aromatic heterocycles. The molecule has 0 bridgehead atoms. The van der Waals surface area contributed by atoms with Crippen molar-refractivity contribution in [2.24, 2.45) is 0 Å². The van der Waals surface area contributed by atoms with Crippen LogP contribution in [0.3, 0.4) is 0 Å². The summed E-state index contributed by atoms with van der Waals surface area (Å²) >= 11 is 1.51. The van der Waals surface area contributed by atoms with E-state index < -0.39 is 0 Å². The van der Waals surface area contributed by atoms with E-state index in [1.165, 1.54) is 11.3 Å². The number of hydrogen-bond acceptors (Lipinski definition) is 5. The molecule has 0 atom stereocenters. The summed E-state index contributed by atoms with van der Waals surface area (Å²) in [6, 6.07) is 7.71. The largest absolute Gasteiger partial charge is 0.345 e. The molecule has 0 fully saturated rings. The Labute approximate surface area is 148 Å². The predicted molar refractivity (Wildman–Crippen MR) is 97.5 cm³/mol. The van der Waals surface area contributed by atoms with Crippen LogP contribution in [-0.2, 0) is 0 Å². The fraction of sp³-hybridized carbons (Fsp3) is 0.111. The van der Waals surface area contributed by atoms with E-state index in [2.05, 4.69) is 15.0 Å². The second kappa shape index (κ2) is 6.10. The van der Waals surface area contributed by atoms with Gasteiger partial charge in [-0.1, -0.05) is 6.07 Å². The van der Waals surface area contributed by atoms with Crippen LogP contribution in [0.25, 0.3) is 27.6 Å². The van der Waals surface area contributed by atoms with Crippen molar-refractivity contribution >= 4 is 22.8 Å². The molecule has 0 unspecified atom stereocenters. The van der Waals surface area contributed by atoms with Gasteiger partial charge in [-0.05, 0) is 18.2 Å². The Balaban J connectivity index is 1.85. The van der Waals surface area contributed by atoms with Gasteiger partial charge in [-0.25, -0.2) is 4.98 Å². The van der Waals surface area contributed by atoms with Crippen LogP contribution in [0, 0.1) is 0 Å². The Hall–Kier alpha value is -3.06. The number of carbonyl (C=O) groups excluding carboxylic acids is 1. The van der Waals surface area contributed by atoms with Crippen LogP contribution in [0.4, 0.5) is 0 Å². The lowest BCUT2D eigenvalue weighted by Crippen LogP contribution is -2.21. The Morgan fingerprint density at radius 2 is 2.08 bits per heavy atom. The van der Waals surface area contributed by atoms with Crippen LogP contribution in [-0.4, -0.2) is 44.3 Å². The van der Waals surface area contributed by atoms with E-state index in [0.29, 0.717) is 5.56 Å². The third-order valence-corrected chi connectivity index (χ3v) is 4.73. The lowest BCUT2D eigenvalue weighted by atomic mass is 10.2. The van der Waals surface area contributed by atoms with Gasteiger partial charge in [0.2, 0.25) is 0 Å². The first-order valence-electron chi connectivity index (χ1n) is 7.69. The van der Waals surface area contributed by atoms with Crippen LogP contribution < -0.4 is 0 Å². The van der Waals surface area contributed by atoms with Gasteiger partial charge >= 0.3 is 0 Å². The van der Waals surface area contributed by atoms with E-state index in [1.54, 1.807) is 37.6 Å². The molecule has 4 rings (SSSR count). The first-order chi connectivity index (χ1) is 12.1. The maximum Gasteiger partial charge on any atom is 0.255 e. The first-order valence-corrected chi connectivity index (χ1v) is 8.57. The molecule has 7 heteroatoms. The van der Waals surface area contributed by atoms with Gasteiger partial charge in [0.15, 0.2) is 0 Å². The highest BCUT2D eigenvalue weighted by Gasteiger charge is 2.19. The Morgan fingerprint density at radius 1 is 1.20 bits per heavy atom. The number of rotatable bonds is 3. The Kier molecular flexibility index (Phi) is 3.77. The lowest BCUT2D eigenvalue weighted by Gasteiger charge is -2.08. The summed E-state index contributed by atoms with van der Waals surface area (Å²) in [5.74, 6) is -0.0284. The highest BCUT2D eigenvalue weighted by molar-refractivity contribution is 7.13. The van der Waals surface area contributed by atoms with Crippen molar-refractivity contribution < 1.29 is 4.79 Å². The van der Waals surface area contributed by atoms with Gasteiger partial charge in [-0.3, -0.25) is 14.8 Å². The third-order valence-electron chi connectivity index (χ3n) is 3.86. The van der Waals surface area contributed by atoms with Crippen molar-refractivity contribution in [3.8, 4) is 22.1 Å². The highest BCUT2D eigenvalue weighted by atomic mass is 32.1. The maximum absolute atomic E-state index is 12.5. The van der Waals surface area contributed by atoms with E-state index in [-0.39, 0.29) is 5.91 Å². The van der Waals surface area contributed by atoms with Gasteiger partial charge in [-0.15, -0.1) is 11.3 Å². The minimum Gasteiger partial charge on any atom is -0.345 e. The van der Waals surface area contributed by atoms with Gasteiger partial charge < -0.3 is 9.30 Å².